The molecule has 0 aliphatic heterocycles. The Kier molecular flexibility index (Phi) is 12.7. The van der Waals surface area contributed by atoms with Crippen molar-refractivity contribution in [1.29, 1.82) is 0 Å². The van der Waals surface area contributed by atoms with Crippen molar-refractivity contribution >= 4 is 0 Å². The van der Waals surface area contributed by atoms with Gasteiger partial charge in [0.05, 0.1) is 0 Å². The summed E-state index contributed by atoms with van der Waals surface area (Å²) in [7, 11) is 0. The molecular formula is C27H51F. The highest BCUT2D eigenvalue weighted by molar-refractivity contribution is 5.16. The van der Waals surface area contributed by atoms with Crippen molar-refractivity contribution in [3.05, 3.63) is 11.6 Å². The van der Waals surface area contributed by atoms with Crippen molar-refractivity contribution in [3.63, 3.8) is 0 Å². The van der Waals surface area contributed by atoms with E-state index in [1.807, 2.05) is 0 Å². The molecule has 1 heteroatoms. The first-order valence-electron chi connectivity index (χ1n) is 12.7. The van der Waals surface area contributed by atoms with Crippen molar-refractivity contribution in [3.8, 4) is 0 Å². The molecule has 0 bridgehead atoms. The Balaban J connectivity index is 2.88. The van der Waals surface area contributed by atoms with Gasteiger partial charge in [0, 0.05) is 0 Å². The third kappa shape index (κ3) is 9.45. The van der Waals surface area contributed by atoms with E-state index in [1.165, 1.54) is 57.8 Å². The van der Waals surface area contributed by atoms with Crippen LogP contribution in [0.15, 0.2) is 11.6 Å². The molecule has 28 heavy (non-hydrogen) atoms. The minimum Gasteiger partial charge on any atom is -0.239 e. The maximum atomic E-state index is 15.8. The first-order chi connectivity index (χ1) is 13.3. The van der Waals surface area contributed by atoms with E-state index in [0.29, 0.717) is 18.8 Å². The quantitative estimate of drug-likeness (QED) is 0.257. The second-order valence-electron chi connectivity index (χ2n) is 10.3. The van der Waals surface area contributed by atoms with Gasteiger partial charge in [-0.2, -0.15) is 0 Å². The maximum Gasteiger partial charge on any atom is 0.131 e. The second-order valence-corrected chi connectivity index (χ2v) is 10.3. The molecule has 0 spiro atoms. The fourth-order valence-electron chi connectivity index (χ4n) is 5.29. The number of unbranched alkanes of at least 4 members (excludes halogenated alkanes) is 2. The fourth-order valence-corrected chi connectivity index (χ4v) is 5.29. The van der Waals surface area contributed by atoms with E-state index < -0.39 is 5.67 Å². The average molecular weight is 395 g/mol. The smallest absolute Gasteiger partial charge is 0.131 e. The SMILES string of the molecule is CCCC[C@@H](C)CC(/C=C(\C)C(F)(CCC)CCCC)CC1CCC(C)CC1. The normalized spacial score (nSPS) is 25.3. The van der Waals surface area contributed by atoms with Crippen LogP contribution in [0.25, 0.3) is 0 Å². The van der Waals surface area contributed by atoms with Crippen LogP contribution in [0, 0.1) is 23.7 Å². The summed E-state index contributed by atoms with van der Waals surface area (Å²) < 4.78 is 15.8. The molecule has 0 amide bonds. The van der Waals surface area contributed by atoms with Crippen LogP contribution >= 0.6 is 0 Å². The second kappa shape index (κ2) is 13.8. The van der Waals surface area contributed by atoms with Crippen LogP contribution in [0.3, 0.4) is 0 Å². The molecule has 0 N–H and O–H groups in total. The minimum atomic E-state index is -1.07. The fraction of sp³-hybridized carbons (Fsp3) is 0.926. The largest absolute Gasteiger partial charge is 0.239 e. The van der Waals surface area contributed by atoms with Crippen molar-refractivity contribution < 1.29 is 4.39 Å². The average Bonchev–Trinajstić information content (AvgIpc) is 2.66. The molecule has 0 saturated heterocycles. The highest BCUT2D eigenvalue weighted by atomic mass is 19.1. The van der Waals surface area contributed by atoms with Gasteiger partial charge in [0.2, 0.25) is 0 Å². The van der Waals surface area contributed by atoms with Gasteiger partial charge in [-0.3, -0.25) is 0 Å². The lowest BCUT2D eigenvalue weighted by molar-refractivity contribution is 0.173. The zero-order chi connectivity index (χ0) is 21.0. The van der Waals surface area contributed by atoms with Gasteiger partial charge < -0.3 is 0 Å². The van der Waals surface area contributed by atoms with Gasteiger partial charge in [-0.25, -0.2) is 4.39 Å². The van der Waals surface area contributed by atoms with Crippen molar-refractivity contribution in [2.75, 3.05) is 0 Å². The van der Waals surface area contributed by atoms with E-state index in [2.05, 4.69) is 47.6 Å². The molecule has 1 aliphatic carbocycles. The predicted octanol–water partition coefficient (Wildman–Crippen LogP) is 9.68. The van der Waals surface area contributed by atoms with Crippen molar-refractivity contribution in [2.45, 2.75) is 137 Å². The Morgan fingerprint density at radius 2 is 1.64 bits per heavy atom. The van der Waals surface area contributed by atoms with Crippen LogP contribution < -0.4 is 0 Å². The van der Waals surface area contributed by atoms with Crippen LogP contribution in [0.1, 0.15) is 131 Å². The van der Waals surface area contributed by atoms with E-state index >= 15 is 4.39 Å². The van der Waals surface area contributed by atoms with Crippen LogP contribution in [-0.4, -0.2) is 5.67 Å². The standard InChI is InChI=1S/C27H51F/c1-7-10-12-23(5)19-26(21-25-15-13-22(4)14-16-25)20-24(6)27(28,17-9-3)18-11-8-2/h20,22-23,25-26H,7-19,21H2,1-6H3/b24-20+/t22?,23-,25?,26?,27?/m1/s1. The summed E-state index contributed by atoms with van der Waals surface area (Å²) in [5.41, 5.74) is -0.0313. The molecule has 0 aromatic carbocycles. The summed E-state index contributed by atoms with van der Waals surface area (Å²) in [5.74, 6) is 3.10. The molecule has 1 aliphatic rings. The zero-order valence-electron chi connectivity index (χ0n) is 20.2. The molecule has 1 rings (SSSR count). The summed E-state index contributed by atoms with van der Waals surface area (Å²) in [6, 6.07) is 0. The van der Waals surface area contributed by atoms with Gasteiger partial charge in [-0.1, -0.05) is 105 Å². The number of hydrogen-bond acceptors (Lipinski definition) is 0. The van der Waals surface area contributed by atoms with E-state index in [4.69, 9.17) is 0 Å². The Morgan fingerprint density at radius 1 is 1.00 bits per heavy atom. The molecule has 2 unspecified atom stereocenters. The molecule has 1 fully saturated rings. The first kappa shape index (κ1) is 25.7. The monoisotopic (exact) mass is 394 g/mol. The molecule has 0 radical (unpaired) electrons. The Labute approximate surface area is 177 Å². The van der Waals surface area contributed by atoms with Gasteiger partial charge in [-0.15, -0.1) is 0 Å². The van der Waals surface area contributed by atoms with Crippen molar-refractivity contribution in [1.82, 2.24) is 0 Å². The van der Waals surface area contributed by atoms with E-state index in [9.17, 15) is 0 Å². The number of rotatable bonds is 14. The molecule has 0 aromatic rings. The van der Waals surface area contributed by atoms with Gasteiger partial charge in [0.15, 0.2) is 0 Å². The van der Waals surface area contributed by atoms with Crippen molar-refractivity contribution in [2.24, 2.45) is 23.7 Å². The summed E-state index contributed by atoms with van der Waals surface area (Å²) in [6.45, 7) is 13.5. The third-order valence-corrected chi connectivity index (χ3v) is 7.29. The molecule has 0 heterocycles. The Hall–Kier alpha value is -0.330. The number of halogens is 1. The molecular weight excluding hydrogens is 343 g/mol. The van der Waals surface area contributed by atoms with Crippen LogP contribution in [0.4, 0.5) is 4.39 Å². The number of allylic oxidation sites excluding steroid dienone is 2. The number of hydrogen-bond donors (Lipinski definition) is 0. The van der Waals surface area contributed by atoms with Crippen LogP contribution in [0.5, 0.6) is 0 Å². The van der Waals surface area contributed by atoms with E-state index in [-0.39, 0.29) is 0 Å². The summed E-state index contributed by atoms with van der Waals surface area (Å²) >= 11 is 0. The number of alkyl halides is 1. The predicted molar refractivity (Wildman–Crippen MR) is 125 cm³/mol. The topological polar surface area (TPSA) is 0 Å². The highest BCUT2D eigenvalue weighted by Gasteiger charge is 2.31. The van der Waals surface area contributed by atoms with Crippen LogP contribution in [0.2, 0.25) is 0 Å². The Morgan fingerprint density at radius 3 is 2.21 bits per heavy atom. The first-order valence-corrected chi connectivity index (χ1v) is 12.7. The summed E-state index contributed by atoms with van der Waals surface area (Å²) in [4.78, 5) is 0. The molecule has 0 aromatic heterocycles. The molecule has 166 valence electrons. The highest BCUT2D eigenvalue weighted by Crippen LogP contribution is 2.38. The lowest BCUT2D eigenvalue weighted by atomic mass is 9.75. The molecule has 0 nitrogen and oxygen atoms in total. The van der Waals surface area contributed by atoms with Gasteiger partial charge in [0.25, 0.3) is 0 Å². The van der Waals surface area contributed by atoms with Gasteiger partial charge in [-0.05, 0) is 61.9 Å². The summed E-state index contributed by atoms with van der Waals surface area (Å²) in [5, 5.41) is 0. The lowest BCUT2D eigenvalue weighted by Gasteiger charge is -2.31. The Bertz CT molecular complexity index is 418. The lowest BCUT2D eigenvalue weighted by Crippen LogP contribution is -2.25. The minimum absolute atomic E-state index is 0.568. The third-order valence-electron chi connectivity index (χ3n) is 7.29. The van der Waals surface area contributed by atoms with E-state index in [1.54, 1.807) is 0 Å². The van der Waals surface area contributed by atoms with Crippen LogP contribution in [-0.2, 0) is 0 Å². The summed E-state index contributed by atoms with van der Waals surface area (Å²) in [6.07, 6.45) is 18.8. The van der Waals surface area contributed by atoms with Gasteiger partial charge >= 0.3 is 0 Å². The van der Waals surface area contributed by atoms with Gasteiger partial charge in [0.1, 0.15) is 5.67 Å². The maximum absolute atomic E-state index is 15.8. The zero-order valence-corrected chi connectivity index (χ0v) is 20.2. The van der Waals surface area contributed by atoms with E-state index in [0.717, 1.165) is 42.6 Å². The molecule has 1 saturated carbocycles. The molecule has 3 atom stereocenters.